The number of methoxy groups -OCH3 is 4. The summed E-state index contributed by atoms with van der Waals surface area (Å²) >= 11 is 10.6. The summed E-state index contributed by atoms with van der Waals surface area (Å²) in [6.45, 7) is 3.18. The van der Waals surface area contributed by atoms with E-state index in [1.54, 1.807) is 38.1 Å². The molecule has 0 saturated heterocycles. The number of esters is 2. The van der Waals surface area contributed by atoms with E-state index in [2.05, 4.69) is 20.4 Å². The van der Waals surface area contributed by atoms with Gasteiger partial charge in [0.15, 0.2) is 34.6 Å². The molecule has 0 bridgehead atoms. The van der Waals surface area contributed by atoms with Gasteiger partial charge in [-0.15, -0.1) is 20.4 Å². The first-order valence-corrected chi connectivity index (χ1v) is 23.1. The topological polar surface area (TPSA) is 169 Å². The van der Waals surface area contributed by atoms with Crippen LogP contribution in [-0.4, -0.2) is 83.1 Å². The summed E-state index contributed by atoms with van der Waals surface area (Å²) in [5, 5.41) is 6.41. The molecule has 6 aromatic rings. The van der Waals surface area contributed by atoms with Crippen molar-refractivity contribution in [3.8, 4) is 34.4 Å². The number of halogens is 12. The van der Waals surface area contributed by atoms with Crippen molar-refractivity contribution in [2.45, 2.75) is 74.2 Å². The van der Waals surface area contributed by atoms with E-state index in [1.165, 1.54) is 40.6 Å². The first kappa shape index (κ1) is 56.8. The average Bonchev–Trinajstić information content (AvgIpc) is 3.99. The van der Waals surface area contributed by atoms with Crippen LogP contribution in [0, 0.1) is 0 Å². The van der Waals surface area contributed by atoms with Crippen LogP contribution in [0.3, 0.4) is 0 Å². The second-order valence-electron chi connectivity index (χ2n) is 16.2. The second kappa shape index (κ2) is 22.4. The Hall–Kier alpha value is -6.90. The molecule has 4 aromatic carbocycles. The summed E-state index contributed by atoms with van der Waals surface area (Å²) in [5.74, 6) is -3.48. The van der Waals surface area contributed by atoms with Crippen LogP contribution in [0.5, 0.6) is 23.0 Å². The van der Waals surface area contributed by atoms with Crippen LogP contribution < -0.4 is 18.9 Å². The number of carbonyl (C=O) groups excluding carboxylic acids is 2. The van der Waals surface area contributed by atoms with E-state index in [4.69, 9.17) is 61.1 Å². The lowest BCUT2D eigenvalue weighted by atomic mass is 9.96. The molecule has 4 heterocycles. The van der Waals surface area contributed by atoms with Gasteiger partial charge in [0.2, 0.25) is 11.6 Å². The van der Waals surface area contributed by atoms with Gasteiger partial charge in [-0.25, -0.2) is 0 Å². The molecule has 0 spiro atoms. The normalized spacial score (nSPS) is 17.3. The van der Waals surface area contributed by atoms with Gasteiger partial charge >= 0.3 is 35.1 Å². The van der Waals surface area contributed by atoms with Crippen LogP contribution >= 0.6 is 23.2 Å². The van der Waals surface area contributed by atoms with E-state index in [0.29, 0.717) is 0 Å². The van der Waals surface area contributed by atoms with Crippen molar-refractivity contribution in [2.24, 2.45) is 0 Å². The Kier molecular flexibility index (Phi) is 16.7. The van der Waals surface area contributed by atoms with Gasteiger partial charge in [0, 0.05) is 22.3 Å². The van der Waals surface area contributed by atoms with Gasteiger partial charge in [0.1, 0.15) is 24.4 Å². The van der Waals surface area contributed by atoms with E-state index in [9.17, 15) is 53.5 Å². The predicted molar refractivity (Wildman–Crippen MR) is 245 cm³/mol. The lowest BCUT2D eigenvalue weighted by Crippen LogP contribution is -2.18. The smallest absolute Gasteiger partial charge is 0.416 e. The Morgan fingerprint density at radius 1 is 0.539 bits per heavy atom. The number of hydrogen-bond acceptors (Lipinski definition) is 14. The Morgan fingerprint density at radius 2 is 0.908 bits per heavy atom. The number of alkyl halides is 12. The summed E-state index contributed by atoms with van der Waals surface area (Å²) in [7, 11) is 5.38. The zero-order valence-corrected chi connectivity index (χ0v) is 41.9. The molecular weight excluding hydrogens is 1080 g/mol. The quantitative estimate of drug-likeness (QED) is 0.0573. The van der Waals surface area contributed by atoms with Gasteiger partial charge in [-0.3, -0.25) is 18.7 Å². The van der Waals surface area contributed by atoms with Crippen molar-refractivity contribution < 1.29 is 91.4 Å². The van der Waals surface area contributed by atoms with Crippen molar-refractivity contribution in [3.63, 3.8) is 0 Å². The molecule has 0 N–H and O–H groups in total. The molecule has 2 aromatic heterocycles. The fraction of sp³-hybridized carbons (Fsp3) is 0.375. The minimum absolute atomic E-state index is 0.0194. The van der Waals surface area contributed by atoms with Crippen molar-refractivity contribution in [1.29, 1.82) is 0 Å². The van der Waals surface area contributed by atoms with Gasteiger partial charge in [0.25, 0.3) is 0 Å². The van der Waals surface area contributed by atoms with E-state index < -0.39 is 95.1 Å². The number of fused-ring (bicyclic) bond motifs is 6. The average molecular weight is 1120 g/mol. The molecule has 76 heavy (non-hydrogen) atoms. The van der Waals surface area contributed by atoms with Gasteiger partial charge in [0.05, 0.1) is 77.0 Å². The van der Waals surface area contributed by atoms with Crippen molar-refractivity contribution >= 4 is 35.1 Å². The molecule has 2 aliphatic heterocycles. The molecular formula is C48H42Cl2F10N6O10. The molecule has 8 rings (SSSR count). The monoisotopic (exact) mass is 1120 g/mol. The third-order valence-corrected chi connectivity index (χ3v) is 11.9. The highest BCUT2D eigenvalue weighted by molar-refractivity contribution is 6.21. The Balaban J connectivity index is 0.000000221. The lowest BCUT2D eigenvalue weighted by molar-refractivity contribution is -0.148. The summed E-state index contributed by atoms with van der Waals surface area (Å²) in [5.41, 5.74) is -2.39. The second-order valence-corrected chi connectivity index (χ2v) is 17.1. The number of carbonyl (C=O) groups is 2. The highest BCUT2D eigenvalue weighted by Gasteiger charge is 2.46. The summed E-state index contributed by atoms with van der Waals surface area (Å²) in [6, 6.07) is 14.2. The third kappa shape index (κ3) is 11.6. The number of aromatic nitrogens is 6. The highest BCUT2D eigenvalue weighted by atomic mass is 35.5. The molecule has 0 saturated carbocycles. The molecule has 408 valence electrons. The molecule has 28 heteroatoms. The SMILES string of the molecule is CCOC(=O)C[C@@H]1O[C@@H](c2cccc(OC)c2OC)c2cc(C(F)(F)F)ccc2-n2c1nnc2C(F)(F)Cl.CCOC(=O)C[C@H]1O[C@H](c2cccc(OC)c2OC)c2cc(C(F)(F)F)ccc2-n2c1nnc2C(F)(F)Cl. The standard InChI is InChI=1S/2C24H21ClF5N3O5/c2*1-4-37-18(34)11-17-21-31-32-22(23(25,26)27)33(21)15-9-8-12(24(28,29)30)10-14(15)19(38-17)13-6-5-7-16(35-2)20(13)36-3/h2*5-10,17,19H,4,11H2,1-3H3/t2*17-,19-/m10/s1. The summed E-state index contributed by atoms with van der Waals surface area (Å²) < 4.78 is 186. The largest absolute Gasteiger partial charge is 0.493 e. The first-order chi connectivity index (χ1) is 35.8. The minimum atomic E-state index is -4.77. The molecule has 4 atom stereocenters. The molecule has 0 radical (unpaired) electrons. The molecule has 0 unspecified atom stereocenters. The molecule has 16 nitrogen and oxygen atoms in total. The van der Waals surface area contributed by atoms with E-state index in [0.717, 1.165) is 45.5 Å². The van der Waals surface area contributed by atoms with E-state index >= 15 is 0 Å². The zero-order chi connectivity index (χ0) is 55.7. The zero-order valence-electron chi connectivity index (χ0n) is 40.4. The number of para-hydroxylation sites is 2. The number of ether oxygens (including phenoxy) is 8. The van der Waals surface area contributed by atoms with Crippen molar-refractivity contribution in [2.75, 3.05) is 41.7 Å². The van der Waals surface area contributed by atoms with E-state index in [-0.39, 0.29) is 81.5 Å². The fourth-order valence-electron chi connectivity index (χ4n) is 8.48. The number of rotatable bonds is 14. The number of hydrogen-bond donors (Lipinski definition) is 0. The van der Waals surface area contributed by atoms with Crippen LogP contribution in [0.25, 0.3) is 11.4 Å². The summed E-state index contributed by atoms with van der Waals surface area (Å²) in [4.78, 5) is 24.9. The number of nitrogens with zero attached hydrogens (tertiary/aromatic N) is 6. The molecule has 2 aliphatic rings. The van der Waals surface area contributed by atoms with Crippen LogP contribution in [0.1, 0.15) is 108 Å². The lowest BCUT2D eigenvalue weighted by Gasteiger charge is -2.25. The van der Waals surface area contributed by atoms with Crippen molar-refractivity contribution in [1.82, 2.24) is 29.5 Å². The Labute approximate surface area is 434 Å². The van der Waals surface area contributed by atoms with Crippen LogP contribution in [0.4, 0.5) is 43.9 Å². The maximum atomic E-state index is 14.4. The maximum Gasteiger partial charge on any atom is 0.416 e. The Bertz CT molecular complexity index is 2890. The van der Waals surface area contributed by atoms with Gasteiger partial charge in [-0.1, -0.05) is 24.3 Å². The predicted octanol–water partition coefficient (Wildman–Crippen LogP) is 11.4. The summed E-state index contributed by atoms with van der Waals surface area (Å²) in [6.07, 6.45) is -16.1. The molecule has 0 amide bonds. The van der Waals surface area contributed by atoms with Crippen molar-refractivity contribution in [3.05, 3.63) is 129 Å². The number of benzene rings is 4. The Morgan fingerprint density at radius 3 is 1.21 bits per heavy atom. The van der Waals surface area contributed by atoms with Gasteiger partial charge in [-0.2, -0.15) is 43.9 Å². The molecule has 0 fully saturated rings. The highest BCUT2D eigenvalue weighted by Crippen LogP contribution is 2.51. The first-order valence-electron chi connectivity index (χ1n) is 22.3. The van der Waals surface area contributed by atoms with Crippen LogP contribution in [0.15, 0.2) is 72.8 Å². The fourth-order valence-corrected chi connectivity index (χ4v) is 8.72. The molecule has 0 aliphatic carbocycles. The van der Waals surface area contributed by atoms with Crippen LogP contribution in [0.2, 0.25) is 0 Å². The van der Waals surface area contributed by atoms with Gasteiger partial charge < -0.3 is 37.9 Å². The maximum absolute atomic E-state index is 14.4. The van der Waals surface area contributed by atoms with Gasteiger partial charge in [-0.05, 0) is 85.6 Å². The van der Waals surface area contributed by atoms with Crippen LogP contribution in [-0.2, 0) is 51.7 Å². The third-order valence-electron chi connectivity index (χ3n) is 11.6. The minimum Gasteiger partial charge on any atom is -0.493 e. The van der Waals surface area contributed by atoms with E-state index in [1.807, 2.05) is 0 Å².